The molecule has 0 bridgehead atoms. The monoisotopic (exact) mass is 1120 g/mol. The number of anilines is 5. The quantitative estimate of drug-likeness (QED) is 0.101. The fourth-order valence-corrected chi connectivity index (χ4v) is 10.7. The molecular weight excluding hydrogens is 1050 g/mol. The van der Waals surface area contributed by atoms with Crippen LogP contribution in [-0.4, -0.2) is 158 Å². The maximum atomic E-state index is 14.9. The maximum absolute atomic E-state index is 14.9. The molecule has 0 radical (unpaired) electrons. The van der Waals surface area contributed by atoms with Crippen molar-refractivity contribution in [3.63, 3.8) is 0 Å². The minimum Gasteiger partial charge on any atom is -0.444 e. The summed E-state index contributed by atoms with van der Waals surface area (Å²) in [4.78, 5) is 89.2. The summed E-state index contributed by atoms with van der Waals surface area (Å²) in [5.74, 6) is -1.06. The molecule has 10 rings (SSSR count). The van der Waals surface area contributed by atoms with Crippen molar-refractivity contribution in [1.82, 2.24) is 49.1 Å². The SMILES string of the molecule is CC(C)(C)OC(=O)N1CCN(c2ccc(N)cc2F)CC1.CN(C)C(=O)c1cc2cnc(Nc3ccc(N4CCNCC4)c(F)c3)nc2n(C2CCCC2)c1=O.CN(C)C(=O)c1cc2cnc(S(C)=O)nc2n(C2CCCC2)c1=O. The van der Waals surface area contributed by atoms with Gasteiger partial charge in [-0.25, -0.2) is 28.5 Å². The highest BCUT2D eigenvalue weighted by Gasteiger charge is 2.29. The van der Waals surface area contributed by atoms with Crippen molar-refractivity contribution in [2.24, 2.45) is 0 Å². The Morgan fingerprint density at radius 2 is 1.19 bits per heavy atom. The molecule has 428 valence electrons. The molecule has 4 N–H and O–H groups in total. The Bertz CT molecular complexity index is 3400. The molecule has 2 saturated heterocycles. The van der Waals surface area contributed by atoms with Crippen LogP contribution in [0.1, 0.15) is 105 Å². The van der Waals surface area contributed by atoms with E-state index in [1.807, 2.05) is 30.6 Å². The van der Waals surface area contributed by atoms with Gasteiger partial charge in [-0.05, 0) is 95.0 Å². The standard InChI is InChI=1S/C25H30FN7O2.C16H20N4O3S.C15H22FN3O2/c1-31(2)23(34)19-13-16-15-28-25(30-22(16)33(24(19)35)18-5-3-4-6-18)29-17-7-8-21(20(26)14-17)32-11-9-27-10-12-32;1-19(2)14(21)12-8-10-9-17-16(24(3)23)18-13(10)20(15(12)22)11-6-4-5-7-11;1-15(2,3)21-14(20)19-8-6-18(7-9-19)13-5-4-11(17)10-12(13)16/h7-8,13-15,18,27H,3-6,9-12H2,1-2H3,(H,28,29,30);8-9,11H,4-7H2,1-3H3;4-5,10H,6-9,17H2,1-3H3. The summed E-state index contributed by atoms with van der Waals surface area (Å²) in [6, 6.07) is 12.8. The van der Waals surface area contributed by atoms with Gasteiger partial charge in [0.25, 0.3) is 22.9 Å². The number of pyridine rings is 2. The highest BCUT2D eigenvalue weighted by Crippen LogP contribution is 2.33. The van der Waals surface area contributed by atoms with Crippen LogP contribution >= 0.6 is 0 Å². The van der Waals surface area contributed by atoms with Gasteiger partial charge in [0.1, 0.15) is 39.7 Å². The summed E-state index contributed by atoms with van der Waals surface area (Å²) < 4.78 is 49.1. The second-order valence-corrected chi connectivity index (χ2v) is 23.1. The molecule has 21 nitrogen and oxygen atoms in total. The summed E-state index contributed by atoms with van der Waals surface area (Å²) >= 11 is 0. The second kappa shape index (κ2) is 25.2. The Balaban J connectivity index is 0.000000165. The molecule has 6 heterocycles. The van der Waals surface area contributed by atoms with E-state index in [9.17, 15) is 37.0 Å². The molecule has 3 amide bonds. The highest BCUT2D eigenvalue weighted by molar-refractivity contribution is 7.84. The van der Waals surface area contributed by atoms with Gasteiger partial charge in [-0.1, -0.05) is 25.7 Å². The molecule has 4 fully saturated rings. The summed E-state index contributed by atoms with van der Waals surface area (Å²) in [7, 11) is 5.15. The van der Waals surface area contributed by atoms with Gasteiger partial charge in [0.15, 0.2) is 0 Å². The van der Waals surface area contributed by atoms with Gasteiger partial charge in [0.2, 0.25) is 11.1 Å². The molecule has 6 aromatic rings. The van der Waals surface area contributed by atoms with E-state index in [0.717, 1.165) is 77.5 Å². The van der Waals surface area contributed by atoms with Crippen LogP contribution in [0.25, 0.3) is 22.1 Å². The largest absolute Gasteiger partial charge is 0.444 e. The first-order valence-corrected chi connectivity index (χ1v) is 28.6. The van der Waals surface area contributed by atoms with E-state index in [0.29, 0.717) is 71.0 Å². The Labute approximate surface area is 466 Å². The summed E-state index contributed by atoms with van der Waals surface area (Å²) in [6.45, 7) is 10.9. The van der Waals surface area contributed by atoms with Crippen molar-refractivity contribution in [3.05, 3.63) is 104 Å². The zero-order valence-electron chi connectivity index (χ0n) is 46.8. The Morgan fingerprint density at radius 3 is 1.68 bits per heavy atom. The van der Waals surface area contributed by atoms with Crippen LogP contribution in [-0.2, 0) is 15.5 Å². The van der Waals surface area contributed by atoms with Crippen LogP contribution in [0.4, 0.5) is 42.3 Å². The lowest BCUT2D eigenvalue weighted by molar-refractivity contribution is 0.0240. The molecule has 2 aliphatic carbocycles. The number of nitrogens with zero attached hydrogens (tertiary/aromatic N) is 11. The molecule has 2 aliphatic heterocycles. The van der Waals surface area contributed by atoms with Gasteiger partial charge in [-0.15, -0.1) is 0 Å². The average Bonchev–Trinajstić information content (AvgIpc) is 4.17. The van der Waals surface area contributed by atoms with E-state index in [1.165, 1.54) is 40.5 Å². The smallest absolute Gasteiger partial charge is 0.410 e. The number of hydrogen-bond donors (Lipinski definition) is 3. The number of hydrogen-bond acceptors (Lipinski definition) is 16. The van der Waals surface area contributed by atoms with E-state index in [1.54, 1.807) is 78.8 Å². The maximum Gasteiger partial charge on any atom is 0.410 e. The van der Waals surface area contributed by atoms with Crippen LogP contribution in [0.15, 0.2) is 75.7 Å². The lowest BCUT2D eigenvalue weighted by Gasteiger charge is -2.36. The van der Waals surface area contributed by atoms with E-state index in [4.69, 9.17) is 10.5 Å². The van der Waals surface area contributed by atoms with Gasteiger partial charge in [-0.3, -0.25) is 32.5 Å². The number of fused-ring (bicyclic) bond motifs is 2. The predicted molar refractivity (Wildman–Crippen MR) is 307 cm³/mol. The van der Waals surface area contributed by atoms with Crippen molar-refractivity contribution in [1.29, 1.82) is 0 Å². The molecule has 24 heteroatoms. The van der Waals surface area contributed by atoms with Crippen LogP contribution in [0, 0.1) is 11.6 Å². The van der Waals surface area contributed by atoms with Crippen LogP contribution in [0.5, 0.6) is 0 Å². The molecular formula is C56H72F2N14O7S. The van der Waals surface area contributed by atoms with Crippen molar-refractivity contribution >= 4 is 79.5 Å². The van der Waals surface area contributed by atoms with E-state index in [2.05, 4.69) is 30.6 Å². The lowest BCUT2D eigenvalue weighted by Crippen LogP contribution is -2.50. The minimum absolute atomic E-state index is 0.0153. The topological polar surface area (TPSA) is 239 Å². The van der Waals surface area contributed by atoms with Crippen molar-refractivity contribution in [2.75, 3.05) is 108 Å². The lowest BCUT2D eigenvalue weighted by atomic mass is 10.1. The Hall–Kier alpha value is -7.60. The number of piperazine rings is 2. The molecule has 1 atom stereocenters. The van der Waals surface area contributed by atoms with Gasteiger partial charge >= 0.3 is 6.09 Å². The summed E-state index contributed by atoms with van der Waals surface area (Å²) in [5.41, 5.74) is 7.58. The number of carbonyl (C=O) groups excluding carboxylic acids is 3. The van der Waals surface area contributed by atoms with Gasteiger partial charge in [-0.2, -0.15) is 4.98 Å². The third-order valence-corrected chi connectivity index (χ3v) is 15.1. The average molecular weight is 1120 g/mol. The van der Waals surface area contributed by atoms with E-state index < -0.39 is 16.4 Å². The molecule has 4 aromatic heterocycles. The molecule has 4 aliphatic rings. The normalized spacial score (nSPS) is 16.4. The van der Waals surface area contributed by atoms with E-state index >= 15 is 0 Å². The Morgan fingerprint density at radius 1 is 0.700 bits per heavy atom. The first kappa shape index (κ1) is 58.5. The number of carbonyl (C=O) groups is 3. The number of ether oxygens (including phenoxy) is 1. The Kier molecular flexibility index (Phi) is 18.5. The summed E-state index contributed by atoms with van der Waals surface area (Å²) in [5, 5.41) is 7.77. The fourth-order valence-electron chi connectivity index (χ4n) is 10.3. The van der Waals surface area contributed by atoms with Gasteiger partial charge in [0.05, 0.1) is 22.2 Å². The van der Waals surface area contributed by atoms with Crippen molar-refractivity contribution in [3.8, 4) is 0 Å². The van der Waals surface area contributed by atoms with Gasteiger partial charge in [0, 0.05) is 133 Å². The predicted octanol–water partition coefficient (Wildman–Crippen LogP) is 6.71. The third kappa shape index (κ3) is 13.7. The van der Waals surface area contributed by atoms with Gasteiger partial charge < -0.3 is 45.6 Å². The fraction of sp³-hybridized carbons (Fsp3) is 0.482. The first-order valence-electron chi connectivity index (χ1n) is 27.0. The molecule has 0 spiro atoms. The highest BCUT2D eigenvalue weighted by atomic mass is 32.2. The minimum atomic E-state index is -1.34. The van der Waals surface area contributed by atoms with E-state index in [-0.39, 0.29) is 75.0 Å². The number of nitrogens with one attached hydrogen (secondary N) is 2. The number of rotatable bonds is 9. The number of amides is 3. The molecule has 80 heavy (non-hydrogen) atoms. The number of nitrogens with two attached hydrogens (primary N) is 1. The third-order valence-electron chi connectivity index (χ3n) is 14.3. The number of benzene rings is 2. The van der Waals surface area contributed by atoms with Crippen LogP contribution < -0.4 is 37.3 Å². The molecule has 1 unspecified atom stereocenters. The van der Waals surface area contributed by atoms with Crippen molar-refractivity contribution < 1.29 is 32.1 Å². The zero-order valence-corrected chi connectivity index (χ0v) is 47.6. The van der Waals surface area contributed by atoms with Crippen molar-refractivity contribution in [2.45, 2.75) is 95.0 Å². The second-order valence-electron chi connectivity index (χ2n) is 21.8. The van der Waals surface area contributed by atoms with Crippen LogP contribution in [0.3, 0.4) is 0 Å². The molecule has 2 saturated carbocycles. The summed E-state index contributed by atoms with van der Waals surface area (Å²) in [6.07, 6.45) is 11.9. The number of nitrogen functional groups attached to an aromatic ring is 1. The number of aromatic nitrogens is 6. The zero-order chi connectivity index (χ0) is 57.6. The van der Waals surface area contributed by atoms with Crippen LogP contribution in [0.2, 0.25) is 0 Å². The number of halogens is 2. The molecule has 2 aromatic carbocycles. The first-order chi connectivity index (χ1) is 38.1.